The molecule has 3 rings (SSSR count). The van der Waals surface area contributed by atoms with Gasteiger partial charge >= 0.3 is 6.16 Å². The van der Waals surface area contributed by atoms with Crippen molar-refractivity contribution in [3.8, 4) is 0 Å². The van der Waals surface area contributed by atoms with Crippen molar-refractivity contribution >= 4 is 6.16 Å². The second-order valence-corrected chi connectivity index (χ2v) is 5.65. The van der Waals surface area contributed by atoms with E-state index in [0.29, 0.717) is 5.92 Å². The second kappa shape index (κ2) is 3.02. The Labute approximate surface area is 95.8 Å². The van der Waals surface area contributed by atoms with Crippen LogP contribution in [-0.2, 0) is 9.47 Å². The Morgan fingerprint density at radius 1 is 1.38 bits per heavy atom. The summed E-state index contributed by atoms with van der Waals surface area (Å²) < 4.78 is 11.1. The summed E-state index contributed by atoms with van der Waals surface area (Å²) in [6, 6.07) is 0. The van der Waals surface area contributed by atoms with Crippen molar-refractivity contribution < 1.29 is 14.3 Å². The van der Waals surface area contributed by atoms with E-state index >= 15 is 0 Å². The first-order valence-corrected chi connectivity index (χ1v) is 6.14. The number of carbonyl (C=O) groups is 1. The summed E-state index contributed by atoms with van der Waals surface area (Å²) in [7, 11) is 0. The SMILES string of the molecule is C=C1C[C@H]2CCCC[C@@]23OC(=O)O[C@@]3(C)C1. The fraction of sp³-hybridized carbons (Fsp3) is 0.769. The van der Waals surface area contributed by atoms with E-state index in [2.05, 4.69) is 6.58 Å². The molecule has 0 N–H and O–H groups in total. The highest BCUT2D eigenvalue weighted by Gasteiger charge is 2.66. The van der Waals surface area contributed by atoms with Crippen LogP contribution in [0.15, 0.2) is 12.2 Å². The smallest absolute Gasteiger partial charge is 0.423 e. The predicted molar refractivity (Wildman–Crippen MR) is 59.0 cm³/mol. The average molecular weight is 222 g/mol. The van der Waals surface area contributed by atoms with Crippen LogP contribution in [0.3, 0.4) is 0 Å². The molecule has 1 aliphatic heterocycles. The van der Waals surface area contributed by atoms with E-state index in [4.69, 9.17) is 9.47 Å². The van der Waals surface area contributed by atoms with Crippen molar-refractivity contribution in [1.29, 1.82) is 0 Å². The molecule has 0 bridgehead atoms. The molecule has 0 aromatic rings. The normalized spacial score (nSPS) is 46.7. The number of carbonyl (C=O) groups excluding carboxylic acids is 1. The topological polar surface area (TPSA) is 35.5 Å². The van der Waals surface area contributed by atoms with Crippen LogP contribution in [-0.4, -0.2) is 17.4 Å². The molecule has 0 radical (unpaired) electrons. The van der Waals surface area contributed by atoms with Gasteiger partial charge in [0.1, 0.15) is 0 Å². The molecule has 2 aliphatic carbocycles. The lowest BCUT2D eigenvalue weighted by Crippen LogP contribution is -2.58. The number of hydrogen-bond acceptors (Lipinski definition) is 3. The monoisotopic (exact) mass is 222 g/mol. The minimum Gasteiger partial charge on any atom is -0.423 e. The quantitative estimate of drug-likeness (QED) is 0.466. The van der Waals surface area contributed by atoms with Crippen molar-refractivity contribution in [3.63, 3.8) is 0 Å². The van der Waals surface area contributed by atoms with Crippen LogP contribution < -0.4 is 0 Å². The van der Waals surface area contributed by atoms with Gasteiger partial charge in [-0.1, -0.05) is 18.6 Å². The highest BCUT2D eigenvalue weighted by atomic mass is 16.8. The molecule has 3 atom stereocenters. The van der Waals surface area contributed by atoms with Gasteiger partial charge in [0.15, 0.2) is 11.2 Å². The van der Waals surface area contributed by atoms with Crippen molar-refractivity contribution in [2.24, 2.45) is 5.92 Å². The first-order valence-electron chi connectivity index (χ1n) is 6.14. The lowest BCUT2D eigenvalue weighted by atomic mass is 9.59. The summed E-state index contributed by atoms with van der Waals surface area (Å²) >= 11 is 0. The summed E-state index contributed by atoms with van der Waals surface area (Å²) in [5.41, 5.74) is 0.372. The molecule has 16 heavy (non-hydrogen) atoms. The Kier molecular flexibility index (Phi) is 1.92. The Bertz CT molecular complexity index is 360. The number of hydrogen-bond donors (Lipinski definition) is 0. The van der Waals surface area contributed by atoms with Gasteiger partial charge in [-0.05, 0) is 32.6 Å². The fourth-order valence-electron chi connectivity index (χ4n) is 3.94. The van der Waals surface area contributed by atoms with Crippen molar-refractivity contribution in [2.45, 2.75) is 56.7 Å². The third-order valence-corrected chi connectivity index (χ3v) is 4.60. The third kappa shape index (κ3) is 1.12. The highest BCUT2D eigenvalue weighted by Crippen LogP contribution is 2.57. The minimum atomic E-state index is -0.482. The maximum Gasteiger partial charge on any atom is 0.509 e. The van der Waals surface area contributed by atoms with Crippen LogP contribution in [0.1, 0.15) is 45.4 Å². The average Bonchev–Trinajstić information content (AvgIpc) is 2.43. The zero-order chi connectivity index (χ0) is 11.4. The molecule has 0 unspecified atom stereocenters. The molecule has 3 aliphatic rings. The van der Waals surface area contributed by atoms with E-state index < -0.39 is 11.8 Å². The Balaban J connectivity index is 2.05. The van der Waals surface area contributed by atoms with Crippen LogP contribution in [0.5, 0.6) is 0 Å². The van der Waals surface area contributed by atoms with E-state index in [0.717, 1.165) is 32.1 Å². The van der Waals surface area contributed by atoms with Gasteiger partial charge in [-0.2, -0.15) is 0 Å². The van der Waals surface area contributed by atoms with Gasteiger partial charge in [-0.3, -0.25) is 0 Å². The van der Waals surface area contributed by atoms with Gasteiger partial charge in [0.25, 0.3) is 0 Å². The summed E-state index contributed by atoms with van der Waals surface area (Å²) in [5, 5.41) is 0. The summed E-state index contributed by atoms with van der Waals surface area (Å²) in [6.07, 6.45) is 5.71. The molecule has 3 nitrogen and oxygen atoms in total. The van der Waals surface area contributed by atoms with E-state index in [1.165, 1.54) is 12.0 Å². The van der Waals surface area contributed by atoms with Crippen LogP contribution in [0.25, 0.3) is 0 Å². The minimum absolute atomic E-state index is 0.358. The molecular formula is C13H18O3. The largest absolute Gasteiger partial charge is 0.509 e. The number of ether oxygens (including phenoxy) is 2. The van der Waals surface area contributed by atoms with Crippen molar-refractivity contribution in [2.75, 3.05) is 0 Å². The highest BCUT2D eigenvalue weighted by molar-refractivity contribution is 5.65. The molecule has 0 aromatic heterocycles. The molecule has 0 aromatic carbocycles. The molecule has 1 saturated heterocycles. The first-order chi connectivity index (χ1) is 7.56. The zero-order valence-electron chi connectivity index (χ0n) is 9.75. The van der Waals surface area contributed by atoms with E-state index in [-0.39, 0.29) is 5.60 Å². The number of rotatable bonds is 0. The van der Waals surface area contributed by atoms with Crippen LogP contribution >= 0.6 is 0 Å². The molecule has 88 valence electrons. The Morgan fingerprint density at radius 2 is 2.19 bits per heavy atom. The Hall–Kier alpha value is -0.990. The van der Waals surface area contributed by atoms with Crippen LogP contribution in [0.2, 0.25) is 0 Å². The first kappa shape index (κ1) is 10.2. The fourth-order valence-corrected chi connectivity index (χ4v) is 3.94. The van der Waals surface area contributed by atoms with E-state index in [9.17, 15) is 4.79 Å². The molecular weight excluding hydrogens is 204 g/mol. The maximum atomic E-state index is 11.5. The lowest BCUT2D eigenvalue weighted by molar-refractivity contribution is -0.115. The maximum absolute atomic E-state index is 11.5. The zero-order valence-corrected chi connectivity index (χ0v) is 9.75. The van der Waals surface area contributed by atoms with Crippen LogP contribution in [0.4, 0.5) is 4.79 Å². The van der Waals surface area contributed by atoms with Gasteiger partial charge in [0, 0.05) is 12.3 Å². The van der Waals surface area contributed by atoms with Crippen molar-refractivity contribution in [3.05, 3.63) is 12.2 Å². The standard InChI is InChI=1S/C13H18O3/c1-9-7-10-5-3-4-6-13(10)12(2,8-9)15-11(14)16-13/h10H,1,3-8H2,2H3/t10-,12+,13-/m1/s1. The molecule has 3 heteroatoms. The van der Waals surface area contributed by atoms with Gasteiger partial charge in [0.2, 0.25) is 0 Å². The van der Waals surface area contributed by atoms with Crippen LogP contribution in [0, 0.1) is 5.92 Å². The van der Waals surface area contributed by atoms with Gasteiger partial charge in [-0.25, -0.2) is 4.79 Å². The lowest BCUT2D eigenvalue weighted by Gasteiger charge is -2.50. The van der Waals surface area contributed by atoms with Gasteiger partial charge in [0.05, 0.1) is 0 Å². The summed E-state index contributed by atoms with van der Waals surface area (Å²) in [6.45, 7) is 6.10. The molecule has 2 saturated carbocycles. The van der Waals surface area contributed by atoms with Gasteiger partial charge in [-0.15, -0.1) is 0 Å². The van der Waals surface area contributed by atoms with Crippen molar-refractivity contribution in [1.82, 2.24) is 0 Å². The summed E-state index contributed by atoms with van der Waals surface area (Å²) in [4.78, 5) is 11.5. The van der Waals surface area contributed by atoms with E-state index in [1.54, 1.807) is 0 Å². The predicted octanol–water partition coefficient (Wildman–Crippen LogP) is 3.19. The summed E-state index contributed by atoms with van der Waals surface area (Å²) in [5.74, 6) is 0.416. The molecule has 1 heterocycles. The third-order valence-electron chi connectivity index (χ3n) is 4.60. The van der Waals surface area contributed by atoms with Gasteiger partial charge < -0.3 is 9.47 Å². The molecule has 3 fully saturated rings. The molecule has 0 amide bonds. The second-order valence-electron chi connectivity index (χ2n) is 5.65. The molecule has 1 spiro atoms. The Morgan fingerprint density at radius 3 is 3.00 bits per heavy atom. The van der Waals surface area contributed by atoms with E-state index in [1.807, 2.05) is 6.92 Å².